The molecule has 0 bridgehead atoms. The van der Waals surface area contributed by atoms with Crippen LogP contribution in [0.5, 0.6) is 0 Å². The summed E-state index contributed by atoms with van der Waals surface area (Å²) in [5.74, 6) is 1.96. The maximum atomic E-state index is 11.4. The number of carbonyl (C=O) groups excluding carboxylic acids is 1. The van der Waals surface area contributed by atoms with Crippen molar-refractivity contribution in [1.29, 1.82) is 0 Å². The van der Waals surface area contributed by atoms with Gasteiger partial charge in [0.1, 0.15) is 5.94 Å². The SMILES string of the molecule is CCOC(C=C=O)=P(c1ccccc1)(c1ccccc1)c1ccccc1. The fraction of sp³-hybridized carbons (Fsp3) is 0.0870. The molecule has 130 valence electrons. The van der Waals surface area contributed by atoms with Crippen LogP contribution in [-0.4, -0.2) is 18.0 Å². The van der Waals surface area contributed by atoms with Gasteiger partial charge in [-0.25, -0.2) is 4.79 Å². The average Bonchev–Trinajstić information content (AvgIpc) is 2.71. The summed E-state index contributed by atoms with van der Waals surface area (Å²) in [5.41, 5.74) is 0.679. The van der Waals surface area contributed by atoms with E-state index in [9.17, 15) is 4.79 Å². The molecule has 0 unspecified atom stereocenters. The molecule has 2 nitrogen and oxygen atoms in total. The Labute approximate surface area is 154 Å². The molecule has 0 aliphatic rings. The van der Waals surface area contributed by atoms with E-state index in [-0.39, 0.29) is 0 Å². The summed E-state index contributed by atoms with van der Waals surface area (Å²) in [6.45, 7) is 0.107. The van der Waals surface area contributed by atoms with Crippen molar-refractivity contribution in [3.63, 3.8) is 0 Å². The molecule has 0 atom stereocenters. The molecule has 0 aliphatic carbocycles. The molecule has 0 N–H and O–H groups in total. The zero-order valence-corrected chi connectivity index (χ0v) is 15.6. The van der Waals surface area contributed by atoms with Crippen LogP contribution in [-0.2, 0) is 9.53 Å². The molecule has 0 fully saturated rings. The van der Waals surface area contributed by atoms with E-state index in [1.807, 2.05) is 67.5 Å². The Hall–Kier alpha value is -2.63. The van der Waals surface area contributed by atoms with Crippen molar-refractivity contribution in [2.45, 2.75) is 6.92 Å². The quantitative estimate of drug-likeness (QED) is 0.497. The van der Waals surface area contributed by atoms with Gasteiger partial charge in [0.25, 0.3) is 0 Å². The molecular weight excluding hydrogens is 339 g/mol. The summed E-state index contributed by atoms with van der Waals surface area (Å²) in [5, 5.41) is 3.44. The van der Waals surface area contributed by atoms with Crippen molar-refractivity contribution in [2.75, 3.05) is 6.61 Å². The molecule has 3 heteroatoms. The van der Waals surface area contributed by atoms with Crippen molar-refractivity contribution in [1.82, 2.24) is 0 Å². The smallest absolute Gasteiger partial charge is 0.127 e. The molecule has 3 aromatic rings. The Kier molecular flexibility index (Phi) is 6.04. The lowest BCUT2D eigenvalue weighted by Crippen LogP contribution is -2.30. The van der Waals surface area contributed by atoms with Gasteiger partial charge in [-0.1, -0.05) is 91.0 Å². The lowest BCUT2D eigenvalue weighted by atomic mass is 10.4. The lowest BCUT2D eigenvalue weighted by molar-refractivity contribution is 0.338. The first-order valence-electron chi connectivity index (χ1n) is 8.61. The summed E-state index contributed by atoms with van der Waals surface area (Å²) in [4.78, 5) is 11.4. The van der Waals surface area contributed by atoms with Gasteiger partial charge in [0, 0.05) is 6.89 Å². The van der Waals surface area contributed by atoms with E-state index in [4.69, 9.17) is 4.74 Å². The highest BCUT2D eigenvalue weighted by atomic mass is 31.2. The van der Waals surface area contributed by atoms with Gasteiger partial charge in [0.05, 0.1) is 18.2 Å². The van der Waals surface area contributed by atoms with Crippen LogP contribution < -0.4 is 15.9 Å². The van der Waals surface area contributed by atoms with Crippen LogP contribution >= 0.6 is 6.89 Å². The Morgan fingerprint density at radius 1 is 0.808 bits per heavy atom. The van der Waals surface area contributed by atoms with Gasteiger partial charge in [-0.3, -0.25) is 0 Å². The summed E-state index contributed by atoms with van der Waals surface area (Å²) < 4.78 is 6.06. The molecule has 3 aromatic carbocycles. The van der Waals surface area contributed by atoms with E-state index in [1.54, 1.807) is 0 Å². The van der Waals surface area contributed by atoms with Crippen LogP contribution in [0.3, 0.4) is 0 Å². The largest absolute Gasteiger partial charge is 0.345 e. The molecular formula is C23H21O2P. The molecule has 0 amide bonds. The normalized spacial score (nSPS) is 10.8. The molecule has 0 spiro atoms. The predicted octanol–water partition coefficient (Wildman–Crippen LogP) is 3.53. The predicted molar refractivity (Wildman–Crippen MR) is 112 cm³/mol. The zero-order chi connectivity index (χ0) is 18.2. The Bertz CT molecular complexity index is 838. The van der Waals surface area contributed by atoms with Crippen LogP contribution in [0.2, 0.25) is 0 Å². The van der Waals surface area contributed by atoms with Crippen LogP contribution in [0.25, 0.3) is 0 Å². The third-order valence-electron chi connectivity index (χ3n) is 4.24. The molecule has 0 heterocycles. The van der Waals surface area contributed by atoms with E-state index in [1.165, 1.54) is 6.08 Å². The summed E-state index contributed by atoms with van der Waals surface area (Å²) >= 11 is 0. The number of hydrogen-bond acceptors (Lipinski definition) is 2. The van der Waals surface area contributed by atoms with Crippen molar-refractivity contribution < 1.29 is 9.53 Å². The minimum atomic E-state index is -2.32. The van der Waals surface area contributed by atoms with Gasteiger partial charge in [-0.15, -0.1) is 0 Å². The van der Waals surface area contributed by atoms with Crippen molar-refractivity contribution in [2.24, 2.45) is 0 Å². The number of benzene rings is 3. The van der Waals surface area contributed by atoms with Crippen LogP contribution in [0.1, 0.15) is 6.92 Å². The maximum absolute atomic E-state index is 11.4. The monoisotopic (exact) mass is 360 g/mol. The lowest BCUT2D eigenvalue weighted by Gasteiger charge is -2.30. The Morgan fingerprint density at radius 3 is 1.50 bits per heavy atom. The second kappa shape index (κ2) is 8.65. The van der Waals surface area contributed by atoms with Gasteiger partial charge in [-0.2, -0.15) is 0 Å². The second-order valence-electron chi connectivity index (χ2n) is 5.71. The maximum Gasteiger partial charge on any atom is 0.127 e. The summed E-state index contributed by atoms with van der Waals surface area (Å²) in [6, 6.07) is 30.9. The van der Waals surface area contributed by atoms with Gasteiger partial charge < -0.3 is 4.74 Å². The van der Waals surface area contributed by atoms with E-state index < -0.39 is 6.89 Å². The van der Waals surface area contributed by atoms with Gasteiger partial charge >= 0.3 is 0 Å². The summed E-state index contributed by atoms with van der Waals surface area (Å²) in [6.07, 6.45) is 1.46. The standard InChI is InChI=1S/C23H21O2P/c1-2-25-23(18-19-24)26(20-12-6-3-7-13-20,21-14-8-4-9-15-21)22-16-10-5-11-17-22/h3-18H,2H2,1H3. The van der Waals surface area contributed by atoms with Crippen LogP contribution in [0.15, 0.2) is 97.1 Å². The van der Waals surface area contributed by atoms with Crippen molar-refractivity contribution in [3.05, 3.63) is 97.1 Å². The first-order chi connectivity index (χ1) is 12.8. The van der Waals surface area contributed by atoms with Gasteiger partial charge in [0.15, 0.2) is 0 Å². The van der Waals surface area contributed by atoms with Crippen LogP contribution in [0, 0.1) is 0 Å². The first-order valence-corrected chi connectivity index (χ1v) is 10.4. The molecule has 0 radical (unpaired) electrons. The van der Waals surface area contributed by atoms with E-state index in [0.717, 1.165) is 15.9 Å². The Morgan fingerprint density at radius 2 is 1.19 bits per heavy atom. The third-order valence-corrected chi connectivity index (χ3v) is 8.37. The highest BCUT2D eigenvalue weighted by Crippen LogP contribution is 2.46. The fourth-order valence-electron chi connectivity index (χ4n) is 3.22. The number of rotatable bonds is 6. The van der Waals surface area contributed by atoms with Gasteiger partial charge in [-0.05, 0) is 22.8 Å². The fourth-order valence-corrected chi connectivity index (χ4v) is 7.30. The highest BCUT2D eigenvalue weighted by molar-refractivity contribution is 7.95. The molecule has 26 heavy (non-hydrogen) atoms. The van der Waals surface area contributed by atoms with Crippen molar-refractivity contribution >= 4 is 34.2 Å². The average molecular weight is 360 g/mol. The topological polar surface area (TPSA) is 26.3 Å². The second-order valence-corrected chi connectivity index (χ2v) is 9.04. The van der Waals surface area contributed by atoms with Crippen LogP contribution in [0.4, 0.5) is 0 Å². The van der Waals surface area contributed by atoms with E-state index in [2.05, 4.69) is 36.4 Å². The molecule has 0 aliphatic heterocycles. The minimum absolute atomic E-state index is 0.488. The number of hydrogen-bond donors (Lipinski definition) is 0. The third kappa shape index (κ3) is 3.36. The zero-order valence-electron chi connectivity index (χ0n) is 14.7. The van der Waals surface area contributed by atoms with E-state index in [0.29, 0.717) is 12.1 Å². The highest BCUT2D eigenvalue weighted by Gasteiger charge is 2.29. The molecule has 0 saturated carbocycles. The van der Waals surface area contributed by atoms with E-state index >= 15 is 0 Å². The number of ether oxygens (including phenoxy) is 1. The first kappa shape index (κ1) is 18.2. The van der Waals surface area contributed by atoms with Crippen molar-refractivity contribution in [3.8, 4) is 0 Å². The Balaban J connectivity index is 2.56. The molecule has 0 aromatic heterocycles. The van der Waals surface area contributed by atoms with Gasteiger partial charge in [0.2, 0.25) is 0 Å². The minimum Gasteiger partial charge on any atom is -0.345 e. The molecule has 0 saturated heterocycles. The molecule has 3 rings (SSSR count). The summed E-state index contributed by atoms with van der Waals surface area (Å²) in [7, 11) is 0.